The van der Waals surface area contributed by atoms with E-state index in [1.165, 1.54) is 21.8 Å². The summed E-state index contributed by atoms with van der Waals surface area (Å²) in [7, 11) is 0. The van der Waals surface area contributed by atoms with E-state index in [4.69, 9.17) is 24.4 Å². The third-order valence-electron chi connectivity index (χ3n) is 10.3. The number of nitrogens with zero attached hydrogens (tertiary/aromatic N) is 5. The molecule has 0 unspecified atom stereocenters. The molecule has 6 nitrogen and oxygen atoms in total. The second-order valence-electron chi connectivity index (χ2n) is 13.5. The molecule has 7 aromatic carbocycles. The number of furan rings is 1. The van der Waals surface area contributed by atoms with Crippen molar-refractivity contribution in [3.05, 3.63) is 176 Å². The average molecular weight is 692 g/mol. The van der Waals surface area contributed by atoms with Gasteiger partial charge < -0.3 is 8.98 Å². The van der Waals surface area contributed by atoms with E-state index in [9.17, 15) is 0 Å². The van der Waals surface area contributed by atoms with Crippen molar-refractivity contribution in [2.45, 2.75) is 0 Å². The summed E-state index contributed by atoms with van der Waals surface area (Å²) in [5.74, 6) is 1.64. The summed E-state index contributed by atoms with van der Waals surface area (Å²) >= 11 is 0. The van der Waals surface area contributed by atoms with E-state index in [1.807, 2.05) is 30.3 Å². The van der Waals surface area contributed by atoms with Gasteiger partial charge in [0.15, 0.2) is 23.1 Å². The first-order chi connectivity index (χ1) is 26.7. The highest BCUT2D eigenvalue weighted by Crippen LogP contribution is 2.37. The Kier molecular flexibility index (Phi) is 6.75. The molecule has 0 N–H and O–H groups in total. The Morgan fingerprint density at radius 2 is 1.07 bits per heavy atom. The Hall–Kier alpha value is -7.44. The molecule has 0 aliphatic carbocycles. The molecule has 6 heteroatoms. The molecule has 0 bridgehead atoms. The van der Waals surface area contributed by atoms with Crippen LogP contribution in [0.5, 0.6) is 0 Å². The Morgan fingerprint density at radius 1 is 0.407 bits per heavy atom. The molecule has 11 aromatic rings. The van der Waals surface area contributed by atoms with Crippen molar-refractivity contribution in [3.63, 3.8) is 0 Å². The van der Waals surface area contributed by atoms with Crippen LogP contribution in [0.1, 0.15) is 0 Å². The van der Waals surface area contributed by atoms with E-state index in [2.05, 4.69) is 144 Å². The number of hydrogen-bond donors (Lipinski definition) is 0. The third kappa shape index (κ3) is 4.89. The van der Waals surface area contributed by atoms with Gasteiger partial charge in [-0.3, -0.25) is 0 Å². The Labute approximate surface area is 309 Å². The van der Waals surface area contributed by atoms with Gasteiger partial charge in [0.25, 0.3) is 0 Å². The predicted molar refractivity (Wildman–Crippen MR) is 218 cm³/mol. The number of aromatic nitrogens is 5. The number of hydrogen-bond acceptors (Lipinski definition) is 5. The molecule has 0 radical (unpaired) electrons. The highest BCUT2D eigenvalue weighted by molar-refractivity contribution is 6.09. The number of pyridine rings is 1. The SMILES string of the molecule is c1cc(-c2ccccc2-c2nc(-c3ccc4ccccc4c3)nc(-c3cc4c(cn3)oc3ccccc34)n2)cc(-n2c3ccccc3c3ccccc32)c1. The fourth-order valence-corrected chi connectivity index (χ4v) is 7.77. The van der Waals surface area contributed by atoms with Crippen LogP contribution in [0.3, 0.4) is 0 Å². The molecule has 252 valence electrons. The maximum absolute atomic E-state index is 6.10. The van der Waals surface area contributed by atoms with E-state index in [0.717, 1.165) is 60.7 Å². The maximum Gasteiger partial charge on any atom is 0.182 e. The third-order valence-corrected chi connectivity index (χ3v) is 10.3. The smallest absolute Gasteiger partial charge is 0.182 e. The van der Waals surface area contributed by atoms with Crippen molar-refractivity contribution in [2.75, 3.05) is 0 Å². The van der Waals surface area contributed by atoms with Crippen molar-refractivity contribution in [3.8, 4) is 51.1 Å². The van der Waals surface area contributed by atoms with Crippen LogP contribution in [-0.4, -0.2) is 24.5 Å². The molecule has 4 aromatic heterocycles. The largest absolute Gasteiger partial charge is 0.454 e. The topological polar surface area (TPSA) is 69.6 Å². The highest BCUT2D eigenvalue weighted by Gasteiger charge is 2.19. The molecule has 11 rings (SSSR count). The van der Waals surface area contributed by atoms with Crippen molar-refractivity contribution >= 4 is 54.5 Å². The lowest BCUT2D eigenvalue weighted by Crippen LogP contribution is -2.02. The highest BCUT2D eigenvalue weighted by atomic mass is 16.3. The predicted octanol–water partition coefficient (Wildman–Crippen LogP) is 12.1. The lowest BCUT2D eigenvalue weighted by Gasteiger charge is -2.14. The lowest BCUT2D eigenvalue weighted by molar-refractivity contribution is 0.667. The summed E-state index contributed by atoms with van der Waals surface area (Å²) in [6, 6.07) is 58.9. The van der Waals surface area contributed by atoms with Crippen LogP contribution in [0.4, 0.5) is 0 Å². The van der Waals surface area contributed by atoms with Gasteiger partial charge in [0, 0.05) is 38.4 Å². The summed E-state index contributed by atoms with van der Waals surface area (Å²) in [4.78, 5) is 20.2. The molecular formula is C48H29N5O. The molecule has 0 atom stereocenters. The minimum atomic E-state index is 0.490. The van der Waals surface area contributed by atoms with Gasteiger partial charge in [-0.1, -0.05) is 127 Å². The zero-order valence-electron chi connectivity index (χ0n) is 28.9. The fraction of sp³-hybridized carbons (Fsp3) is 0. The van der Waals surface area contributed by atoms with Crippen LogP contribution in [0, 0.1) is 0 Å². The number of para-hydroxylation sites is 3. The summed E-state index contributed by atoms with van der Waals surface area (Å²) in [5.41, 5.74) is 9.48. The molecule has 0 aliphatic rings. The van der Waals surface area contributed by atoms with Gasteiger partial charge in [0.2, 0.25) is 0 Å². The second kappa shape index (κ2) is 12.1. The molecule has 0 aliphatic heterocycles. The van der Waals surface area contributed by atoms with Crippen molar-refractivity contribution in [1.82, 2.24) is 24.5 Å². The van der Waals surface area contributed by atoms with Gasteiger partial charge in [-0.15, -0.1) is 0 Å². The quantitative estimate of drug-likeness (QED) is 0.180. The number of fused-ring (bicyclic) bond motifs is 7. The fourth-order valence-electron chi connectivity index (χ4n) is 7.77. The molecular weight excluding hydrogens is 663 g/mol. The lowest BCUT2D eigenvalue weighted by atomic mass is 9.98. The standard InChI is InChI=1S/C48H29N5O/c1-2-13-31-26-33(25-24-30(31)12-1)46-50-47(52-48(51-46)41-28-40-38-19-7-10-23-44(38)54-45(40)29-49-41)39-20-4-3-16-35(39)32-14-11-15-34(27-32)53-42-21-8-5-17-36(42)37-18-6-9-22-43(37)53/h1-29H. The maximum atomic E-state index is 6.10. The van der Waals surface area contributed by atoms with Gasteiger partial charge in [-0.2, -0.15) is 0 Å². The van der Waals surface area contributed by atoms with Crippen LogP contribution in [0.2, 0.25) is 0 Å². The molecule has 0 saturated carbocycles. The molecule has 4 heterocycles. The van der Waals surface area contributed by atoms with Gasteiger partial charge in [-0.05, 0) is 64.4 Å². The normalized spacial score (nSPS) is 11.7. The summed E-state index contributed by atoms with van der Waals surface area (Å²) in [5, 5.41) is 6.72. The number of rotatable bonds is 5. The summed E-state index contributed by atoms with van der Waals surface area (Å²) in [6.45, 7) is 0. The zero-order valence-corrected chi connectivity index (χ0v) is 28.9. The molecule has 0 amide bonds. The van der Waals surface area contributed by atoms with Gasteiger partial charge >= 0.3 is 0 Å². The van der Waals surface area contributed by atoms with Crippen LogP contribution in [0.15, 0.2) is 180 Å². The van der Waals surface area contributed by atoms with E-state index >= 15 is 0 Å². The monoisotopic (exact) mass is 691 g/mol. The Balaban J connectivity index is 1.10. The minimum absolute atomic E-state index is 0.490. The average Bonchev–Trinajstić information content (AvgIpc) is 3.79. The van der Waals surface area contributed by atoms with Crippen LogP contribution < -0.4 is 0 Å². The van der Waals surface area contributed by atoms with Crippen molar-refractivity contribution in [1.29, 1.82) is 0 Å². The van der Waals surface area contributed by atoms with E-state index in [1.54, 1.807) is 6.20 Å². The molecule has 0 spiro atoms. The first kappa shape index (κ1) is 30.2. The van der Waals surface area contributed by atoms with Crippen molar-refractivity contribution in [2.24, 2.45) is 0 Å². The second-order valence-corrected chi connectivity index (χ2v) is 13.5. The zero-order chi connectivity index (χ0) is 35.6. The first-order valence-electron chi connectivity index (χ1n) is 18.0. The molecule has 54 heavy (non-hydrogen) atoms. The summed E-state index contributed by atoms with van der Waals surface area (Å²) in [6.07, 6.45) is 1.76. The van der Waals surface area contributed by atoms with E-state index < -0.39 is 0 Å². The Morgan fingerprint density at radius 3 is 1.91 bits per heavy atom. The molecule has 0 fully saturated rings. The van der Waals surface area contributed by atoms with Crippen LogP contribution in [-0.2, 0) is 0 Å². The van der Waals surface area contributed by atoms with Gasteiger partial charge in [0.1, 0.15) is 11.3 Å². The van der Waals surface area contributed by atoms with E-state index in [0.29, 0.717) is 23.2 Å². The number of benzene rings is 7. The molecule has 0 saturated heterocycles. The minimum Gasteiger partial charge on any atom is -0.454 e. The summed E-state index contributed by atoms with van der Waals surface area (Å²) < 4.78 is 8.45. The van der Waals surface area contributed by atoms with Gasteiger partial charge in [-0.25, -0.2) is 19.9 Å². The van der Waals surface area contributed by atoms with Crippen molar-refractivity contribution < 1.29 is 4.42 Å². The van der Waals surface area contributed by atoms with Crippen LogP contribution >= 0.6 is 0 Å². The first-order valence-corrected chi connectivity index (χ1v) is 18.0. The Bertz CT molecular complexity index is 3200. The van der Waals surface area contributed by atoms with Crippen LogP contribution in [0.25, 0.3) is 106 Å². The van der Waals surface area contributed by atoms with Gasteiger partial charge in [0.05, 0.1) is 17.2 Å². The van der Waals surface area contributed by atoms with E-state index in [-0.39, 0.29) is 0 Å².